The Morgan fingerprint density at radius 1 is 1.73 bits per heavy atom. The first-order valence-electron chi connectivity index (χ1n) is 4.01. The molecule has 0 saturated carbocycles. The predicted octanol–water partition coefficient (Wildman–Crippen LogP) is 1.92. The van der Waals surface area contributed by atoms with Crippen LogP contribution in [0.25, 0.3) is 0 Å². The molecule has 0 bridgehead atoms. The molecule has 1 nitrogen and oxygen atoms in total. The van der Waals surface area contributed by atoms with Crippen LogP contribution in [0.5, 0.6) is 0 Å². The van der Waals surface area contributed by atoms with Crippen molar-refractivity contribution in [3.05, 3.63) is 0 Å². The fourth-order valence-electron chi connectivity index (χ4n) is 1.20. The van der Waals surface area contributed by atoms with E-state index in [1.165, 1.54) is 6.42 Å². The van der Waals surface area contributed by atoms with E-state index in [1.54, 1.807) is 0 Å². The maximum atomic E-state index is 5.42. The lowest BCUT2D eigenvalue weighted by atomic mass is 10.3. The van der Waals surface area contributed by atoms with Gasteiger partial charge in [-0.05, 0) is 13.3 Å². The lowest BCUT2D eigenvalue weighted by Gasteiger charge is -2.11. The van der Waals surface area contributed by atoms with Gasteiger partial charge in [-0.3, -0.25) is 0 Å². The van der Waals surface area contributed by atoms with E-state index in [1.807, 2.05) is 11.8 Å². The van der Waals surface area contributed by atoms with Crippen molar-refractivity contribution in [1.29, 1.82) is 0 Å². The molecule has 0 radical (unpaired) electrons. The van der Waals surface area contributed by atoms with Crippen LogP contribution in [-0.2, 0) is 4.74 Å². The fourth-order valence-corrected chi connectivity index (χ4v) is 2.35. The summed E-state index contributed by atoms with van der Waals surface area (Å²) in [6, 6.07) is 0. The molecule has 0 amide bonds. The lowest BCUT2D eigenvalue weighted by Crippen LogP contribution is -2.13. The Labute approximate surface area is 72.9 Å². The van der Waals surface area contributed by atoms with E-state index in [4.69, 9.17) is 11.2 Å². The zero-order valence-corrected chi connectivity index (χ0v) is 7.69. The van der Waals surface area contributed by atoms with Gasteiger partial charge in [-0.15, -0.1) is 12.3 Å². The summed E-state index contributed by atoms with van der Waals surface area (Å²) in [6.45, 7) is 3.06. The van der Waals surface area contributed by atoms with Crippen LogP contribution in [0.4, 0.5) is 0 Å². The highest BCUT2D eigenvalue weighted by Crippen LogP contribution is 2.26. The molecule has 1 aliphatic heterocycles. The van der Waals surface area contributed by atoms with E-state index in [2.05, 4.69) is 12.8 Å². The minimum absolute atomic E-state index is 0.428. The summed E-state index contributed by atoms with van der Waals surface area (Å²) < 4.78 is 5.42. The van der Waals surface area contributed by atoms with Crippen molar-refractivity contribution < 1.29 is 4.74 Å². The van der Waals surface area contributed by atoms with Gasteiger partial charge < -0.3 is 4.74 Å². The predicted molar refractivity (Wildman–Crippen MR) is 49.7 cm³/mol. The van der Waals surface area contributed by atoms with Crippen molar-refractivity contribution in [2.75, 3.05) is 12.4 Å². The smallest absolute Gasteiger partial charge is 0.0666 e. The Kier molecular flexibility index (Phi) is 3.82. The molecule has 62 valence electrons. The third-order valence-electron chi connectivity index (χ3n) is 1.89. The standard InChI is InChI=1S/C9H14OS/c1-3-4-7-11-9-5-6-10-8(9)2/h1,8-9H,4-7H2,2H3. The lowest BCUT2D eigenvalue weighted by molar-refractivity contribution is 0.127. The number of hydrogen-bond donors (Lipinski definition) is 0. The average Bonchev–Trinajstić information content (AvgIpc) is 2.37. The number of thioether (sulfide) groups is 1. The summed E-state index contributed by atoms with van der Waals surface area (Å²) in [4.78, 5) is 0. The van der Waals surface area contributed by atoms with Crippen molar-refractivity contribution in [3.8, 4) is 12.3 Å². The largest absolute Gasteiger partial charge is 0.377 e. The first kappa shape index (κ1) is 8.96. The monoisotopic (exact) mass is 170 g/mol. The highest BCUT2D eigenvalue weighted by molar-refractivity contribution is 7.99. The van der Waals surface area contributed by atoms with Gasteiger partial charge in [0.25, 0.3) is 0 Å². The van der Waals surface area contributed by atoms with E-state index >= 15 is 0 Å². The second-order valence-electron chi connectivity index (χ2n) is 2.73. The SMILES string of the molecule is C#CCCSC1CCOC1C. The van der Waals surface area contributed by atoms with Gasteiger partial charge in [0.2, 0.25) is 0 Å². The zero-order chi connectivity index (χ0) is 8.10. The zero-order valence-electron chi connectivity index (χ0n) is 6.88. The Morgan fingerprint density at radius 2 is 2.55 bits per heavy atom. The summed E-state index contributed by atoms with van der Waals surface area (Å²) in [5.41, 5.74) is 0. The minimum atomic E-state index is 0.428. The molecule has 11 heavy (non-hydrogen) atoms. The van der Waals surface area contributed by atoms with Crippen molar-refractivity contribution in [1.82, 2.24) is 0 Å². The fraction of sp³-hybridized carbons (Fsp3) is 0.778. The van der Waals surface area contributed by atoms with Gasteiger partial charge in [0, 0.05) is 24.0 Å². The Balaban J connectivity index is 2.11. The van der Waals surface area contributed by atoms with E-state index in [9.17, 15) is 0 Å². The Hall–Kier alpha value is -0.130. The first-order chi connectivity index (χ1) is 5.34. The van der Waals surface area contributed by atoms with Gasteiger partial charge in [0.1, 0.15) is 0 Å². The summed E-state index contributed by atoms with van der Waals surface area (Å²) in [5.74, 6) is 3.72. The van der Waals surface area contributed by atoms with Gasteiger partial charge in [0.05, 0.1) is 6.10 Å². The maximum Gasteiger partial charge on any atom is 0.0666 e. The third kappa shape index (κ3) is 2.76. The number of hydrogen-bond acceptors (Lipinski definition) is 2. The number of ether oxygens (including phenoxy) is 1. The number of rotatable bonds is 3. The molecule has 1 fully saturated rings. The molecule has 0 aliphatic carbocycles. The van der Waals surface area contributed by atoms with Crippen LogP contribution in [0.2, 0.25) is 0 Å². The van der Waals surface area contributed by atoms with Crippen LogP contribution < -0.4 is 0 Å². The number of terminal acetylenes is 1. The van der Waals surface area contributed by atoms with Crippen molar-refractivity contribution in [3.63, 3.8) is 0 Å². The van der Waals surface area contributed by atoms with Crippen LogP contribution in [0.3, 0.4) is 0 Å². The molecule has 1 saturated heterocycles. The van der Waals surface area contributed by atoms with Crippen molar-refractivity contribution >= 4 is 11.8 Å². The van der Waals surface area contributed by atoms with Crippen molar-refractivity contribution in [2.24, 2.45) is 0 Å². The summed E-state index contributed by atoms with van der Waals surface area (Å²) in [6.07, 6.45) is 7.66. The normalized spacial score (nSPS) is 30.2. The second-order valence-corrected chi connectivity index (χ2v) is 4.08. The first-order valence-corrected chi connectivity index (χ1v) is 5.06. The van der Waals surface area contributed by atoms with Gasteiger partial charge >= 0.3 is 0 Å². The van der Waals surface area contributed by atoms with Gasteiger partial charge in [-0.1, -0.05) is 0 Å². The van der Waals surface area contributed by atoms with Crippen LogP contribution >= 0.6 is 11.8 Å². The van der Waals surface area contributed by atoms with E-state index in [0.717, 1.165) is 18.8 Å². The summed E-state index contributed by atoms with van der Waals surface area (Å²) in [5, 5.41) is 0.684. The molecule has 1 heterocycles. The highest BCUT2D eigenvalue weighted by Gasteiger charge is 2.23. The molecular formula is C9H14OS. The highest BCUT2D eigenvalue weighted by atomic mass is 32.2. The quantitative estimate of drug-likeness (QED) is 0.473. The molecule has 0 aromatic carbocycles. The van der Waals surface area contributed by atoms with Crippen molar-refractivity contribution in [2.45, 2.75) is 31.1 Å². The van der Waals surface area contributed by atoms with E-state index in [-0.39, 0.29) is 0 Å². The van der Waals surface area contributed by atoms with Crippen LogP contribution in [0.15, 0.2) is 0 Å². The summed E-state index contributed by atoms with van der Waals surface area (Å²) in [7, 11) is 0. The molecule has 0 spiro atoms. The molecule has 2 unspecified atom stereocenters. The maximum absolute atomic E-state index is 5.42. The average molecular weight is 170 g/mol. The minimum Gasteiger partial charge on any atom is -0.377 e. The van der Waals surface area contributed by atoms with Gasteiger partial charge in [-0.2, -0.15) is 11.8 Å². The second kappa shape index (κ2) is 4.69. The Bertz CT molecular complexity index is 150. The molecule has 1 rings (SSSR count). The van der Waals surface area contributed by atoms with Crippen LogP contribution in [0, 0.1) is 12.3 Å². The molecular weight excluding hydrogens is 156 g/mol. The molecule has 2 heteroatoms. The molecule has 2 atom stereocenters. The molecule has 0 N–H and O–H groups in total. The van der Waals surface area contributed by atoms with E-state index in [0.29, 0.717) is 11.4 Å². The van der Waals surface area contributed by atoms with Crippen LogP contribution in [-0.4, -0.2) is 23.7 Å². The molecule has 1 aliphatic rings. The topological polar surface area (TPSA) is 9.23 Å². The third-order valence-corrected chi connectivity index (χ3v) is 3.37. The molecule has 0 aromatic rings. The van der Waals surface area contributed by atoms with Gasteiger partial charge in [-0.25, -0.2) is 0 Å². The summed E-state index contributed by atoms with van der Waals surface area (Å²) >= 11 is 1.95. The molecule has 0 aromatic heterocycles. The Morgan fingerprint density at radius 3 is 3.09 bits per heavy atom. The van der Waals surface area contributed by atoms with E-state index < -0.39 is 0 Å². The van der Waals surface area contributed by atoms with Crippen LogP contribution in [0.1, 0.15) is 19.8 Å². The van der Waals surface area contributed by atoms with Gasteiger partial charge in [0.15, 0.2) is 0 Å².